The summed E-state index contributed by atoms with van der Waals surface area (Å²) in [5, 5.41) is 0. The first-order valence-corrected chi connectivity index (χ1v) is 12.8. The lowest BCUT2D eigenvalue weighted by molar-refractivity contribution is -0.144. The zero-order valence-corrected chi connectivity index (χ0v) is 23.1. The Labute approximate surface area is 217 Å². The van der Waals surface area contributed by atoms with Crippen molar-refractivity contribution in [1.82, 2.24) is 0 Å². The van der Waals surface area contributed by atoms with Gasteiger partial charge in [-0.05, 0) is 12.0 Å². The third-order valence-corrected chi connectivity index (χ3v) is 5.83. The number of carbonyl (C=O) groups is 2. The van der Waals surface area contributed by atoms with Crippen molar-refractivity contribution in [2.24, 2.45) is 0 Å². The van der Waals surface area contributed by atoms with E-state index in [1.165, 1.54) is 62.6 Å². The Balaban J connectivity index is 0.00000316. The molecular formula is C28H40O7P+. The highest BCUT2D eigenvalue weighted by Crippen LogP contribution is 2.37. The highest BCUT2D eigenvalue weighted by atomic mass is 31.0. The maximum absolute atomic E-state index is 13.7. The number of hydrogen-bond donors (Lipinski definition) is 0. The molecule has 2 rings (SSSR count). The molecule has 2 atom stereocenters. The van der Waals surface area contributed by atoms with Crippen LogP contribution in [0.15, 0.2) is 42.5 Å². The Bertz CT molecular complexity index is 892. The van der Waals surface area contributed by atoms with Crippen LogP contribution in [0.2, 0.25) is 0 Å². The molecule has 0 aliphatic rings. The lowest BCUT2D eigenvalue weighted by Crippen LogP contribution is -2.25. The molecule has 0 radical (unpaired) electrons. The summed E-state index contributed by atoms with van der Waals surface area (Å²) in [6.45, 7) is 2.50. The van der Waals surface area contributed by atoms with Gasteiger partial charge in [-0.3, -0.25) is 9.59 Å². The number of esters is 1. The van der Waals surface area contributed by atoms with Crippen LogP contribution >= 0.6 is 9.12 Å². The van der Waals surface area contributed by atoms with Gasteiger partial charge in [-0.25, -0.2) is 0 Å². The first-order valence-electron chi connectivity index (χ1n) is 12.4. The molecule has 198 valence electrons. The lowest BCUT2D eigenvalue weighted by Gasteiger charge is -2.19. The first-order chi connectivity index (χ1) is 17.6. The van der Waals surface area contributed by atoms with E-state index in [4.69, 9.17) is 23.5 Å². The molecule has 7 nitrogen and oxygen atoms in total. The van der Waals surface area contributed by atoms with Crippen LogP contribution in [-0.2, 0) is 14.1 Å². The summed E-state index contributed by atoms with van der Waals surface area (Å²) < 4.78 is 29.9. The molecule has 0 heterocycles. The molecule has 36 heavy (non-hydrogen) atoms. The molecule has 2 aromatic rings. The number of unbranched alkanes of at least 4 members (excludes halogenated alkanes) is 7. The molecule has 0 aromatic heterocycles. The summed E-state index contributed by atoms with van der Waals surface area (Å²) in [4.78, 5) is 26.8. The van der Waals surface area contributed by atoms with Crippen molar-refractivity contribution in [2.75, 3.05) is 27.9 Å². The number of rotatable bonds is 16. The van der Waals surface area contributed by atoms with Crippen molar-refractivity contribution >= 4 is 20.9 Å². The normalized spacial score (nSPS) is 11.0. The fraction of sp³-hybridized carbons (Fsp3) is 0.500. The molecular weight excluding hydrogens is 479 g/mol. The van der Waals surface area contributed by atoms with Crippen molar-refractivity contribution in [3.05, 3.63) is 53.6 Å². The van der Waals surface area contributed by atoms with Crippen LogP contribution in [-0.4, -0.2) is 39.7 Å². The quantitative estimate of drug-likeness (QED) is 0.0815. The summed E-state index contributed by atoms with van der Waals surface area (Å²) in [5.74, 6) is -1.09. The first kappa shape index (κ1) is 31.1. The Kier molecular flexibility index (Phi) is 15.9. The van der Waals surface area contributed by atoms with Gasteiger partial charge in [0.05, 0.1) is 27.9 Å². The predicted octanol–water partition coefficient (Wildman–Crippen LogP) is 6.57. The smallest absolute Gasteiger partial charge is 0.321 e. The van der Waals surface area contributed by atoms with E-state index >= 15 is 0 Å². The van der Waals surface area contributed by atoms with Crippen molar-refractivity contribution in [2.45, 2.75) is 64.2 Å². The molecule has 0 fully saturated rings. The molecule has 0 saturated carbocycles. The molecule has 0 bridgehead atoms. The van der Waals surface area contributed by atoms with Gasteiger partial charge in [0.1, 0.15) is 28.7 Å². The van der Waals surface area contributed by atoms with Crippen LogP contribution < -0.4 is 14.2 Å². The maximum Gasteiger partial charge on any atom is 0.321 e. The minimum Gasteiger partial charge on any atom is -0.496 e. The van der Waals surface area contributed by atoms with Crippen LogP contribution in [0, 0.1) is 0 Å². The SMILES string of the molecule is CCCCCCCCCCOC(=O)C(C(=O)c1c(OC)cc(OC)cc1OC)c1ccccc1.O=[PH2+]. The van der Waals surface area contributed by atoms with E-state index in [0.717, 1.165) is 19.3 Å². The third kappa shape index (κ3) is 9.62. The molecule has 0 amide bonds. The molecule has 0 spiro atoms. The second-order valence-corrected chi connectivity index (χ2v) is 8.26. The molecule has 0 aliphatic heterocycles. The molecule has 2 unspecified atom stereocenters. The Morgan fingerprint density at radius 1 is 0.778 bits per heavy atom. The topological polar surface area (TPSA) is 88.1 Å². The highest BCUT2D eigenvalue weighted by Gasteiger charge is 2.35. The average Bonchev–Trinajstić information content (AvgIpc) is 2.93. The van der Waals surface area contributed by atoms with Gasteiger partial charge in [-0.2, -0.15) is 0 Å². The van der Waals surface area contributed by atoms with Crippen molar-refractivity contribution < 1.29 is 33.1 Å². The molecule has 8 heteroatoms. The number of benzene rings is 2. The third-order valence-electron chi connectivity index (χ3n) is 5.83. The minimum atomic E-state index is -1.12. The lowest BCUT2D eigenvalue weighted by atomic mass is 9.89. The van der Waals surface area contributed by atoms with Crippen LogP contribution in [0.25, 0.3) is 0 Å². The maximum atomic E-state index is 13.7. The largest absolute Gasteiger partial charge is 0.496 e. The Morgan fingerprint density at radius 3 is 1.81 bits per heavy atom. The minimum absolute atomic E-state index is 0.184. The fourth-order valence-corrected chi connectivity index (χ4v) is 3.92. The van der Waals surface area contributed by atoms with Gasteiger partial charge in [0.15, 0.2) is 5.78 Å². The Hall–Kier alpha value is -2.92. The van der Waals surface area contributed by atoms with Crippen LogP contribution in [0.5, 0.6) is 17.2 Å². The highest BCUT2D eigenvalue weighted by molar-refractivity contribution is 7.00. The zero-order valence-electron chi connectivity index (χ0n) is 21.9. The van der Waals surface area contributed by atoms with E-state index in [0.29, 0.717) is 17.9 Å². The van der Waals surface area contributed by atoms with E-state index in [1.807, 2.05) is 6.07 Å². The van der Waals surface area contributed by atoms with Gasteiger partial charge in [0, 0.05) is 12.1 Å². The van der Waals surface area contributed by atoms with Crippen molar-refractivity contribution in [3.8, 4) is 17.2 Å². The number of hydrogen-bond acceptors (Lipinski definition) is 7. The van der Waals surface area contributed by atoms with Gasteiger partial charge in [0.2, 0.25) is 0 Å². The number of ketones is 1. The van der Waals surface area contributed by atoms with E-state index < -0.39 is 17.7 Å². The number of methoxy groups -OCH3 is 3. The van der Waals surface area contributed by atoms with Crippen LogP contribution in [0.3, 0.4) is 0 Å². The van der Waals surface area contributed by atoms with Gasteiger partial charge < -0.3 is 18.9 Å². The van der Waals surface area contributed by atoms with Gasteiger partial charge in [0.25, 0.3) is 0 Å². The van der Waals surface area contributed by atoms with E-state index in [9.17, 15) is 9.59 Å². The molecule has 0 N–H and O–H groups in total. The van der Waals surface area contributed by atoms with Gasteiger partial charge >= 0.3 is 15.1 Å². The van der Waals surface area contributed by atoms with Crippen molar-refractivity contribution in [3.63, 3.8) is 0 Å². The van der Waals surface area contributed by atoms with E-state index in [1.54, 1.807) is 36.4 Å². The predicted molar refractivity (Wildman–Crippen MR) is 144 cm³/mol. The molecule has 0 saturated heterocycles. The number of ether oxygens (including phenoxy) is 4. The summed E-state index contributed by atoms with van der Waals surface area (Å²) >= 11 is 0. The van der Waals surface area contributed by atoms with E-state index in [2.05, 4.69) is 6.92 Å². The standard InChI is InChI=1S/C28H38O6.H2OP/c1-5-6-7-8-9-10-11-15-18-34-28(30)25(21-16-13-12-14-17-21)27(29)26-23(32-3)19-22(31-2)20-24(26)33-4;1-2/h12-14,16-17,19-20,25H,5-11,15,18H2,1-4H3;2H2/q;+1. The molecule has 2 aromatic carbocycles. The molecule has 0 aliphatic carbocycles. The summed E-state index contributed by atoms with van der Waals surface area (Å²) in [7, 11) is 5.61. The van der Waals surface area contributed by atoms with Gasteiger partial charge in [-0.1, -0.05) is 86.8 Å². The van der Waals surface area contributed by atoms with Crippen molar-refractivity contribution in [1.29, 1.82) is 0 Å². The number of Topliss-reactive ketones (excluding diaryl/α,β-unsaturated/α-hetero) is 1. The summed E-state index contributed by atoms with van der Waals surface area (Å²) in [6, 6.07) is 12.1. The van der Waals surface area contributed by atoms with Crippen LogP contribution in [0.1, 0.15) is 80.1 Å². The monoisotopic (exact) mass is 519 g/mol. The summed E-state index contributed by atoms with van der Waals surface area (Å²) in [5.41, 5.74) is 0.747. The summed E-state index contributed by atoms with van der Waals surface area (Å²) in [6.07, 6.45) is 9.18. The van der Waals surface area contributed by atoms with Crippen LogP contribution in [0.4, 0.5) is 0 Å². The average molecular weight is 520 g/mol. The zero-order chi connectivity index (χ0) is 26.8. The second kappa shape index (κ2) is 18.4. The second-order valence-electron chi connectivity index (χ2n) is 8.26. The number of carbonyl (C=O) groups excluding carboxylic acids is 2. The van der Waals surface area contributed by atoms with Gasteiger partial charge in [-0.15, -0.1) is 0 Å². The van der Waals surface area contributed by atoms with E-state index in [-0.39, 0.29) is 17.1 Å². The fourth-order valence-electron chi connectivity index (χ4n) is 3.92. The Morgan fingerprint density at radius 2 is 1.31 bits per heavy atom.